The van der Waals surface area contributed by atoms with E-state index in [-0.39, 0.29) is 18.7 Å². The van der Waals surface area contributed by atoms with Gasteiger partial charge in [-0.2, -0.15) is 4.39 Å². The van der Waals surface area contributed by atoms with E-state index in [1.807, 2.05) is 0 Å². The van der Waals surface area contributed by atoms with Crippen molar-refractivity contribution in [3.8, 4) is 0 Å². The van der Waals surface area contributed by atoms with Gasteiger partial charge in [0.15, 0.2) is 0 Å². The maximum Gasteiger partial charge on any atom is 0.261 e. The van der Waals surface area contributed by atoms with Crippen molar-refractivity contribution in [1.82, 2.24) is 10.3 Å². The van der Waals surface area contributed by atoms with E-state index in [9.17, 15) is 18.0 Å². The average molecular weight is 248 g/mol. The van der Waals surface area contributed by atoms with Crippen molar-refractivity contribution in [2.45, 2.75) is 6.43 Å². The van der Waals surface area contributed by atoms with Crippen molar-refractivity contribution >= 4 is 5.91 Å². The molecule has 1 N–H and O–H groups in total. The third-order valence-corrected chi connectivity index (χ3v) is 1.77. The first-order valence-corrected chi connectivity index (χ1v) is 4.85. The van der Waals surface area contributed by atoms with Crippen LogP contribution in [-0.2, 0) is 4.74 Å². The van der Waals surface area contributed by atoms with Gasteiger partial charge in [0.1, 0.15) is 6.61 Å². The fourth-order valence-corrected chi connectivity index (χ4v) is 1.02. The summed E-state index contributed by atoms with van der Waals surface area (Å²) in [6.45, 7) is -0.568. The van der Waals surface area contributed by atoms with Gasteiger partial charge >= 0.3 is 0 Å². The zero-order valence-electron chi connectivity index (χ0n) is 8.83. The first-order valence-electron chi connectivity index (χ1n) is 4.85. The van der Waals surface area contributed by atoms with Crippen molar-refractivity contribution in [2.75, 3.05) is 19.8 Å². The van der Waals surface area contributed by atoms with Crippen molar-refractivity contribution < 1.29 is 22.7 Å². The molecule has 0 fully saturated rings. The highest BCUT2D eigenvalue weighted by Gasteiger charge is 2.06. The number of nitrogens with zero attached hydrogens (tertiary/aromatic N) is 1. The molecule has 1 aromatic rings. The predicted octanol–water partition coefficient (Wildman–Crippen LogP) is 1.23. The lowest BCUT2D eigenvalue weighted by molar-refractivity contribution is 0.0188. The van der Waals surface area contributed by atoms with Gasteiger partial charge in [-0.25, -0.2) is 13.8 Å². The molecular formula is C10H11F3N2O2. The number of carbonyl (C=O) groups is 1. The number of rotatable bonds is 6. The first-order chi connectivity index (χ1) is 8.09. The Hall–Kier alpha value is -1.63. The molecule has 0 atom stereocenters. The topological polar surface area (TPSA) is 51.2 Å². The van der Waals surface area contributed by atoms with E-state index in [4.69, 9.17) is 0 Å². The van der Waals surface area contributed by atoms with Crippen LogP contribution in [-0.4, -0.2) is 37.1 Å². The molecule has 1 rings (SSSR count). The minimum atomic E-state index is -2.52. The Morgan fingerprint density at radius 2 is 2.24 bits per heavy atom. The third kappa shape index (κ3) is 5.30. The third-order valence-electron chi connectivity index (χ3n) is 1.77. The Kier molecular flexibility index (Phi) is 5.41. The second-order valence-corrected chi connectivity index (χ2v) is 3.09. The molecular weight excluding hydrogens is 237 g/mol. The van der Waals surface area contributed by atoms with Crippen molar-refractivity contribution in [2.24, 2.45) is 0 Å². The molecule has 94 valence electrons. The van der Waals surface area contributed by atoms with Gasteiger partial charge in [-0.15, -0.1) is 0 Å². The summed E-state index contributed by atoms with van der Waals surface area (Å²) in [5, 5.41) is 2.42. The number of amides is 1. The monoisotopic (exact) mass is 248 g/mol. The van der Waals surface area contributed by atoms with E-state index >= 15 is 0 Å². The average Bonchev–Trinajstić information content (AvgIpc) is 2.29. The largest absolute Gasteiger partial charge is 0.374 e. The molecule has 7 heteroatoms. The van der Waals surface area contributed by atoms with Gasteiger partial charge in [0.25, 0.3) is 12.3 Å². The Labute approximate surface area is 95.8 Å². The van der Waals surface area contributed by atoms with Crippen LogP contribution >= 0.6 is 0 Å². The molecule has 17 heavy (non-hydrogen) atoms. The minimum absolute atomic E-state index is 0.00922. The number of aromatic nitrogens is 1. The Balaban J connectivity index is 2.23. The molecule has 0 saturated carbocycles. The van der Waals surface area contributed by atoms with Crippen LogP contribution in [0.15, 0.2) is 18.3 Å². The van der Waals surface area contributed by atoms with Crippen LogP contribution in [0, 0.1) is 5.95 Å². The summed E-state index contributed by atoms with van der Waals surface area (Å²) in [6.07, 6.45) is -1.43. The first kappa shape index (κ1) is 13.4. The lowest BCUT2D eigenvalue weighted by Crippen LogP contribution is -2.27. The summed E-state index contributed by atoms with van der Waals surface area (Å²) in [5.41, 5.74) is 0.195. The normalized spacial score (nSPS) is 10.6. The van der Waals surface area contributed by atoms with Crippen LogP contribution in [0.5, 0.6) is 0 Å². The summed E-state index contributed by atoms with van der Waals surface area (Å²) in [4.78, 5) is 14.7. The summed E-state index contributed by atoms with van der Waals surface area (Å²) < 4.78 is 40.3. The summed E-state index contributed by atoms with van der Waals surface area (Å²) in [6, 6.07) is 2.33. The van der Waals surface area contributed by atoms with Gasteiger partial charge in [-0.1, -0.05) is 0 Å². The molecule has 1 amide bonds. The highest BCUT2D eigenvalue weighted by Crippen LogP contribution is 1.98. The number of nitrogens with one attached hydrogen (secondary N) is 1. The van der Waals surface area contributed by atoms with Crippen molar-refractivity contribution in [3.63, 3.8) is 0 Å². The number of carbonyl (C=O) groups excluding carboxylic acids is 1. The smallest absolute Gasteiger partial charge is 0.261 e. The zero-order chi connectivity index (χ0) is 12.7. The van der Waals surface area contributed by atoms with Crippen molar-refractivity contribution in [3.05, 3.63) is 29.8 Å². The molecule has 4 nitrogen and oxygen atoms in total. The maximum absolute atomic E-state index is 12.4. The van der Waals surface area contributed by atoms with Gasteiger partial charge in [-0.3, -0.25) is 4.79 Å². The fraction of sp³-hybridized carbons (Fsp3) is 0.400. The summed E-state index contributed by atoms with van der Waals surface area (Å²) >= 11 is 0. The van der Waals surface area contributed by atoms with Crippen LogP contribution in [0.3, 0.4) is 0 Å². The summed E-state index contributed by atoms with van der Waals surface area (Å²) in [5.74, 6) is -1.14. The van der Waals surface area contributed by atoms with Crippen LogP contribution in [0.1, 0.15) is 10.4 Å². The van der Waals surface area contributed by atoms with Gasteiger partial charge in [0.05, 0.1) is 12.2 Å². The fourth-order valence-electron chi connectivity index (χ4n) is 1.02. The summed E-state index contributed by atoms with van der Waals surface area (Å²) in [7, 11) is 0. The molecule has 0 bridgehead atoms. The van der Waals surface area contributed by atoms with Gasteiger partial charge in [-0.05, 0) is 12.1 Å². The number of alkyl halides is 2. The molecule has 0 aliphatic rings. The van der Waals surface area contributed by atoms with Crippen LogP contribution in [0.4, 0.5) is 13.2 Å². The Morgan fingerprint density at radius 1 is 1.47 bits per heavy atom. The molecule has 0 aliphatic carbocycles. The molecule has 0 radical (unpaired) electrons. The molecule has 1 heterocycles. The van der Waals surface area contributed by atoms with Crippen LogP contribution in [0.2, 0.25) is 0 Å². The molecule has 0 saturated heterocycles. The van der Waals surface area contributed by atoms with E-state index in [0.717, 1.165) is 12.3 Å². The molecule has 0 aromatic carbocycles. The van der Waals surface area contributed by atoms with Gasteiger partial charge in [0, 0.05) is 12.7 Å². The molecule has 1 aromatic heterocycles. The molecule has 0 spiro atoms. The Bertz CT molecular complexity index is 357. The van der Waals surface area contributed by atoms with E-state index in [2.05, 4.69) is 15.0 Å². The lowest BCUT2D eigenvalue weighted by Gasteiger charge is -2.05. The standard InChI is InChI=1S/C10H11F3N2O2/c11-8(12)6-17-4-3-14-10(16)7-1-2-9(13)15-5-7/h1-2,5,8H,3-4,6H2,(H,14,16). The van der Waals surface area contributed by atoms with Crippen LogP contribution < -0.4 is 5.32 Å². The van der Waals surface area contributed by atoms with E-state index in [0.29, 0.717) is 0 Å². The maximum atomic E-state index is 12.4. The van der Waals surface area contributed by atoms with E-state index in [1.54, 1.807) is 0 Å². The number of hydrogen-bond donors (Lipinski definition) is 1. The van der Waals surface area contributed by atoms with E-state index in [1.165, 1.54) is 6.07 Å². The number of ether oxygens (including phenoxy) is 1. The predicted molar refractivity (Wildman–Crippen MR) is 53.4 cm³/mol. The quantitative estimate of drug-likeness (QED) is 0.608. The number of hydrogen-bond acceptors (Lipinski definition) is 3. The van der Waals surface area contributed by atoms with Gasteiger partial charge < -0.3 is 10.1 Å². The SMILES string of the molecule is O=C(NCCOCC(F)F)c1ccc(F)nc1. The second kappa shape index (κ2) is 6.85. The number of pyridine rings is 1. The highest BCUT2D eigenvalue weighted by molar-refractivity contribution is 5.93. The van der Waals surface area contributed by atoms with E-state index < -0.39 is 24.9 Å². The molecule has 0 unspecified atom stereocenters. The second-order valence-electron chi connectivity index (χ2n) is 3.09. The minimum Gasteiger partial charge on any atom is -0.374 e. The van der Waals surface area contributed by atoms with Gasteiger partial charge in [0.2, 0.25) is 5.95 Å². The van der Waals surface area contributed by atoms with Crippen LogP contribution in [0.25, 0.3) is 0 Å². The van der Waals surface area contributed by atoms with Crippen molar-refractivity contribution in [1.29, 1.82) is 0 Å². The highest BCUT2D eigenvalue weighted by atomic mass is 19.3. The zero-order valence-corrected chi connectivity index (χ0v) is 8.83. The Morgan fingerprint density at radius 3 is 2.82 bits per heavy atom. The lowest BCUT2D eigenvalue weighted by atomic mass is 10.3. The molecule has 0 aliphatic heterocycles. The number of halogens is 3.